The van der Waals surface area contributed by atoms with Crippen LogP contribution in [-0.2, 0) is 0 Å². The predicted octanol–water partition coefficient (Wildman–Crippen LogP) is 1.23. The van der Waals surface area contributed by atoms with Crippen LogP contribution in [0.25, 0.3) is 0 Å². The standard InChI is InChI=1S/C5H11NS2/c1-4(2-3-6)5(7)8/h4H,2-3,6H2,1H3,(H,7,8). The van der Waals surface area contributed by atoms with E-state index in [1.807, 2.05) is 6.92 Å². The normalized spacial score (nSPS) is 13.4. The second kappa shape index (κ2) is 4.30. The van der Waals surface area contributed by atoms with Gasteiger partial charge in [0.2, 0.25) is 0 Å². The molecule has 0 aromatic heterocycles. The minimum Gasteiger partial charge on any atom is -0.330 e. The molecule has 0 radical (unpaired) electrons. The maximum atomic E-state index is 5.27. The highest BCUT2D eigenvalue weighted by Crippen LogP contribution is 2.05. The summed E-state index contributed by atoms with van der Waals surface area (Å²) in [5.74, 6) is 0.387. The van der Waals surface area contributed by atoms with Gasteiger partial charge in [-0.1, -0.05) is 19.1 Å². The number of rotatable bonds is 3. The molecule has 0 fully saturated rings. The van der Waals surface area contributed by atoms with E-state index < -0.39 is 0 Å². The minimum absolute atomic E-state index is 0.387. The Balaban J connectivity index is 3.32. The first kappa shape index (κ1) is 8.40. The van der Waals surface area contributed by atoms with E-state index in [1.165, 1.54) is 0 Å². The molecule has 3 heteroatoms. The Morgan fingerprint density at radius 1 is 1.88 bits per heavy atom. The third-order valence-electron chi connectivity index (χ3n) is 1.02. The molecule has 0 aliphatic rings. The Morgan fingerprint density at radius 3 is 2.50 bits per heavy atom. The van der Waals surface area contributed by atoms with Gasteiger partial charge < -0.3 is 5.73 Å². The molecule has 0 rings (SSSR count). The molecule has 0 saturated heterocycles. The van der Waals surface area contributed by atoms with Gasteiger partial charge in [-0.2, -0.15) is 0 Å². The number of thiocarbonyl (C=S) groups is 1. The maximum Gasteiger partial charge on any atom is 0.0476 e. The molecule has 0 spiro atoms. The summed E-state index contributed by atoms with van der Waals surface area (Å²) >= 11 is 8.80. The summed E-state index contributed by atoms with van der Waals surface area (Å²) in [4.78, 5) is 0. The molecular weight excluding hydrogens is 138 g/mol. The molecule has 0 aromatic carbocycles. The van der Waals surface area contributed by atoms with Crippen LogP contribution in [0.15, 0.2) is 0 Å². The molecule has 0 aliphatic carbocycles. The zero-order valence-corrected chi connectivity index (χ0v) is 6.64. The van der Waals surface area contributed by atoms with E-state index in [2.05, 4.69) is 12.6 Å². The van der Waals surface area contributed by atoms with Crippen molar-refractivity contribution in [3.8, 4) is 0 Å². The van der Waals surface area contributed by atoms with Crippen LogP contribution in [0.1, 0.15) is 13.3 Å². The van der Waals surface area contributed by atoms with Crippen molar-refractivity contribution >= 4 is 29.0 Å². The molecule has 0 aromatic rings. The van der Waals surface area contributed by atoms with Crippen LogP contribution in [0, 0.1) is 5.92 Å². The van der Waals surface area contributed by atoms with Crippen molar-refractivity contribution in [1.82, 2.24) is 0 Å². The molecule has 1 atom stereocenters. The summed E-state index contributed by atoms with van der Waals surface area (Å²) in [5, 5.41) is 0. The summed E-state index contributed by atoms with van der Waals surface area (Å²) in [6, 6.07) is 0. The highest BCUT2D eigenvalue weighted by Gasteiger charge is 2.00. The number of hydrogen-bond acceptors (Lipinski definition) is 2. The van der Waals surface area contributed by atoms with Gasteiger partial charge in [0.05, 0.1) is 0 Å². The van der Waals surface area contributed by atoms with Crippen molar-refractivity contribution in [1.29, 1.82) is 0 Å². The lowest BCUT2D eigenvalue weighted by Crippen LogP contribution is -2.09. The second-order valence-corrected chi connectivity index (χ2v) is 3.04. The maximum absolute atomic E-state index is 5.27. The van der Waals surface area contributed by atoms with E-state index in [0.29, 0.717) is 12.5 Å². The average Bonchev–Trinajstić information content (AvgIpc) is 1.67. The van der Waals surface area contributed by atoms with Crippen molar-refractivity contribution in [2.24, 2.45) is 11.7 Å². The largest absolute Gasteiger partial charge is 0.330 e. The SMILES string of the molecule is CC(CCN)C(=S)S. The molecule has 0 saturated carbocycles. The highest BCUT2D eigenvalue weighted by atomic mass is 32.1. The lowest BCUT2D eigenvalue weighted by Gasteiger charge is -2.04. The lowest BCUT2D eigenvalue weighted by atomic mass is 10.1. The van der Waals surface area contributed by atoms with Gasteiger partial charge in [-0.05, 0) is 18.9 Å². The van der Waals surface area contributed by atoms with E-state index in [-0.39, 0.29) is 0 Å². The Hall–Kier alpha value is 0.400. The molecule has 48 valence electrons. The quantitative estimate of drug-likeness (QED) is 0.466. The third-order valence-corrected chi connectivity index (χ3v) is 1.86. The number of nitrogens with two attached hydrogens (primary N) is 1. The van der Waals surface area contributed by atoms with E-state index >= 15 is 0 Å². The molecule has 0 bridgehead atoms. The fourth-order valence-corrected chi connectivity index (χ4v) is 0.620. The zero-order valence-electron chi connectivity index (χ0n) is 4.92. The Labute approximate surface area is 61.1 Å². The molecule has 0 amide bonds. The van der Waals surface area contributed by atoms with Crippen LogP contribution in [0.2, 0.25) is 0 Å². The van der Waals surface area contributed by atoms with Gasteiger partial charge in [-0.25, -0.2) is 0 Å². The first-order valence-electron chi connectivity index (χ1n) is 2.61. The molecule has 1 unspecified atom stereocenters. The summed E-state index contributed by atoms with van der Waals surface area (Å²) < 4.78 is 0.760. The minimum atomic E-state index is 0.387. The molecule has 1 nitrogen and oxygen atoms in total. The van der Waals surface area contributed by atoms with Gasteiger partial charge >= 0.3 is 0 Å². The van der Waals surface area contributed by atoms with Crippen LogP contribution >= 0.6 is 24.8 Å². The second-order valence-electron chi connectivity index (χ2n) is 1.82. The van der Waals surface area contributed by atoms with Gasteiger partial charge in [0, 0.05) is 4.20 Å². The average molecular weight is 149 g/mol. The van der Waals surface area contributed by atoms with Crippen molar-refractivity contribution in [3.05, 3.63) is 0 Å². The van der Waals surface area contributed by atoms with Gasteiger partial charge in [0.25, 0.3) is 0 Å². The van der Waals surface area contributed by atoms with Gasteiger partial charge in [-0.3, -0.25) is 0 Å². The molecule has 8 heavy (non-hydrogen) atoms. The summed E-state index contributed by atoms with van der Waals surface area (Å²) in [6.45, 7) is 2.73. The van der Waals surface area contributed by atoms with Crippen molar-refractivity contribution in [2.75, 3.05) is 6.54 Å². The smallest absolute Gasteiger partial charge is 0.0476 e. The molecule has 0 heterocycles. The first-order chi connectivity index (χ1) is 3.68. The fourth-order valence-electron chi connectivity index (χ4n) is 0.373. The predicted molar refractivity (Wildman–Crippen MR) is 44.4 cm³/mol. The summed E-state index contributed by atoms with van der Waals surface area (Å²) in [7, 11) is 0. The van der Waals surface area contributed by atoms with Crippen LogP contribution in [-0.4, -0.2) is 10.7 Å². The number of thiol groups is 1. The molecule has 2 N–H and O–H groups in total. The van der Waals surface area contributed by atoms with Crippen molar-refractivity contribution in [2.45, 2.75) is 13.3 Å². The third kappa shape index (κ3) is 3.41. The summed E-state index contributed by atoms with van der Waals surface area (Å²) in [5.41, 5.74) is 5.27. The van der Waals surface area contributed by atoms with Crippen molar-refractivity contribution < 1.29 is 0 Å². The van der Waals surface area contributed by atoms with E-state index in [0.717, 1.165) is 10.6 Å². The highest BCUT2D eigenvalue weighted by molar-refractivity contribution is 8.11. The van der Waals surface area contributed by atoms with Crippen LogP contribution in [0.5, 0.6) is 0 Å². The first-order valence-corrected chi connectivity index (χ1v) is 3.47. The van der Waals surface area contributed by atoms with Gasteiger partial charge in [0.1, 0.15) is 0 Å². The van der Waals surface area contributed by atoms with E-state index in [9.17, 15) is 0 Å². The van der Waals surface area contributed by atoms with Crippen LogP contribution in [0.3, 0.4) is 0 Å². The van der Waals surface area contributed by atoms with E-state index in [4.69, 9.17) is 18.0 Å². The molecule has 0 aliphatic heterocycles. The fraction of sp³-hybridized carbons (Fsp3) is 0.800. The Kier molecular flexibility index (Phi) is 4.51. The van der Waals surface area contributed by atoms with E-state index in [1.54, 1.807) is 0 Å². The van der Waals surface area contributed by atoms with Crippen LogP contribution < -0.4 is 5.73 Å². The topological polar surface area (TPSA) is 26.0 Å². The summed E-state index contributed by atoms with van der Waals surface area (Å²) in [6.07, 6.45) is 0.947. The van der Waals surface area contributed by atoms with Crippen molar-refractivity contribution in [3.63, 3.8) is 0 Å². The monoisotopic (exact) mass is 149 g/mol. The Bertz CT molecular complexity index is 82.5. The number of hydrogen-bond donors (Lipinski definition) is 2. The zero-order chi connectivity index (χ0) is 6.57. The van der Waals surface area contributed by atoms with Gasteiger partial charge in [0.15, 0.2) is 0 Å². The van der Waals surface area contributed by atoms with Crippen LogP contribution in [0.4, 0.5) is 0 Å². The van der Waals surface area contributed by atoms with Gasteiger partial charge in [-0.15, -0.1) is 12.6 Å². The lowest BCUT2D eigenvalue weighted by molar-refractivity contribution is 0.708. The Morgan fingerprint density at radius 2 is 2.38 bits per heavy atom. The molecular formula is C5H11NS2.